The Balaban J connectivity index is 3.39. The summed E-state index contributed by atoms with van der Waals surface area (Å²) in [5.41, 5.74) is 27.1. The maximum atomic E-state index is 14.3. The van der Waals surface area contributed by atoms with Gasteiger partial charge in [-0.3, -0.25) is 70.2 Å². The molecule has 1 heterocycles. The molecule has 1 fully saturated rings. The molecule has 0 radical (unpaired) electrons. The van der Waals surface area contributed by atoms with Gasteiger partial charge in [0, 0.05) is 32.7 Å². The maximum absolute atomic E-state index is 14.3. The zero-order valence-electron chi connectivity index (χ0n) is 46.9. The first-order valence-corrected chi connectivity index (χ1v) is 26.7. The second-order valence-corrected chi connectivity index (χ2v) is 19.3. The third-order valence-electron chi connectivity index (χ3n) is 11.8. The number of hydrogen-bond donors (Lipinski definition) is 23. The number of amides is 8. The van der Waals surface area contributed by atoms with Gasteiger partial charge in [0.25, 0.3) is 5.91 Å². The molecule has 8 unspecified atom stereocenters. The Kier molecular flexibility index (Phi) is 33.7. The quantitative estimate of drug-likeness (QED) is 0.00889. The molecule has 1 aliphatic rings. The van der Waals surface area contributed by atoms with Crippen LogP contribution in [0.5, 0.6) is 0 Å². The van der Waals surface area contributed by atoms with E-state index in [9.17, 15) is 47.9 Å². The highest BCUT2D eigenvalue weighted by Gasteiger charge is 2.52. The molecule has 0 aromatic heterocycles. The lowest BCUT2D eigenvalue weighted by atomic mass is 10.0. The SMILES string of the molecule is CCOC(=O)C1OC1C(=O)NC(CC(C)C)C(=O)NCC(=O)NCC(=O)NC(CCCNC(=N)N)C(=O)NC(CCCNC(=N)N)C(=O)NC(CCCNC(=N)N)C(=O)NC(CCCNC(=N)N)C(=O)NC(CCCNC(=N)N)C(C)=O. The van der Waals surface area contributed by atoms with Crippen LogP contribution >= 0.6 is 0 Å². The van der Waals surface area contributed by atoms with E-state index in [0.29, 0.717) is 6.42 Å². The Morgan fingerprint density at radius 3 is 1.12 bits per heavy atom. The van der Waals surface area contributed by atoms with Crippen LogP contribution in [0.4, 0.5) is 0 Å². The van der Waals surface area contributed by atoms with E-state index in [1.165, 1.54) is 6.92 Å². The van der Waals surface area contributed by atoms with Crippen molar-refractivity contribution in [3.8, 4) is 0 Å². The van der Waals surface area contributed by atoms with Crippen LogP contribution in [0, 0.1) is 33.0 Å². The van der Waals surface area contributed by atoms with Gasteiger partial charge in [0.05, 0.1) is 25.7 Å². The van der Waals surface area contributed by atoms with Crippen molar-refractivity contribution in [1.29, 1.82) is 27.0 Å². The van der Waals surface area contributed by atoms with Gasteiger partial charge in [0.2, 0.25) is 41.4 Å². The maximum Gasteiger partial charge on any atom is 0.338 e. The number of carbonyl (C=O) groups is 10. The fourth-order valence-electron chi connectivity index (χ4n) is 7.64. The van der Waals surface area contributed by atoms with Crippen LogP contribution in [0.1, 0.15) is 98.3 Å². The van der Waals surface area contributed by atoms with Crippen molar-refractivity contribution in [2.45, 2.75) is 147 Å². The van der Waals surface area contributed by atoms with E-state index in [0.717, 1.165) is 0 Å². The fraction of sp³-hybridized carbons (Fsp3) is 0.681. The van der Waals surface area contributed by atoms with Crippen molar-refractivity contribution in [2.24, 2.45) is 34.6 Å². The van der Waals surface area contributed by atoms with Crippen LogP contribution in [0.3, 0.4) is 0 Å². The number of nitrogens with one attached hydrogen (secondary N) is 18. The molecule has 0 bridgehead atoms. The van der Waals surface area contributed by atoms with Crippen molar-refractivity contribution < 1.29 is 57.4 Å². The summed E-state index contributed by atoms with van der Waals surface area (Å²) in [7, 11) is 0. The number of carbonyl (C=O) groups excluding carboxylic acids is 10. The van der Waals surface area contributed by atoms with Gasteiger partial charge in [-0.05, 0) is 90.4 Å². The van der Waals surface area contributed by atoms with Crippen LogP contribution < -0.4 is 97.8 Å². The Bertz CT molecular complexity index is 2240. The molecular weight excluding hydrogens is 1080 g/mol. The van der Waals surface area contributed by atoms with Gasteiger partial charge in [-0.25, -0.2) is 4.79 Å². The summed E-state index contributed by atoms with van der Waals surface area (Å²) in [6.45, 7) is 5.69. The first-order valence-electron chi connectivity index (χ1n) is 26.7. The predicted octanol–water partition coefficient (Wildman–Crippen LogP) is -7.59. The molecule has 8 amide bonds. The van der Waals surface area contributed by atoms with Gasteiger partial charge in [0.1, 0.15) is 30.2 Å². The number of hydrogen-bond acceptors (Lipinski definition) is 17. The summed E-state index contributed by atoms with van der Waals surface area (Å²) >= 11 is 0. The van der Waals surface area contributed by atoms with Gasteiger partial charge in [-0.1, -0.05) is 13.8 Å². The first-order chi connectivity index (χ1) is 38.6. The van der Waals surface area contributed by atoms with E-state index in [2.05, 4.69) is 69.1 Å². The summed E-state index contributed by atoms with van der Waals surface area (Å²) in [5, 5.41) is 70.7. The monoisotopic (exact) mass is 1170 g/mol. The molecule has 1 rings (SSSR count). The van der Waals surface area contributed by atoms with Crippen molar-refractivity contribution >= 4 is 88.8 Å². The van der Waals surface area contributed by atoms with Crippen LogP contribution in [0.15, 0.2) is 0 Å². The van der Waals surface area contributed by atoms with E-state index in [-0.39, 0.29) is 139 Å². The molecule has 82 heavy (non-hydrogen) atoms. The van der Waals surface area contributed by atoms with Crippen molar-refractivity contribution in [1.82, 2.24) is 69.1 Å². The number of guanidine groups is 5. The van der Waals surface area contributed by atoms with Gasteiger partial charge in [-0.15, -0.1) is 0 Å². The zero-order chi connectivity index (χ0) is 61.9. The van der Waals surface area contributed by atoms with Gasteiger partial charge >= 0.3 is 5.97 Å². The first kappa shape index (κ1) is 71.2. The van der Waals surface area contributed by atoms with E-state index in [1.54, 1.807) is 20.8 Å². The second-order valence-electron chi connectivity index (χ2n) is 19.3. The molecule has 1 saturated heterocycles. The predicted molar refractivity (Wildman–Crippen MR) is 299 cm³/mol. The molecule has 462 valence electrons. The van der Waals surface area contributed by atoms with Crippen LogP contribution in [0.2, 0.25) is 0 Å². The lowest BCUT2D eigenvalue weighted by molar-refractivity contribution is -0.144. The van der Waals surface area contributed by atoms with Crippen LogP contribution in [0.25, 0.3) is 0 Å². The molecule has 0 aliphatic carbocycles. The molecule has 35 heteroatoms. The topological polar surface area (TPSA) is 598 Å². The summed E-state index contributed by atoms with van der Waals surface area (Å²) in [4.78, 5) is 133. The van der Waals surface area contributed by atoms with E-state index in [1.807, 2.05) is 0 Å². The van der Waals surface area contributed by atoms with E-state index in [4.69, 9.17) is 65.2 Å². The lowest BCUT2D eigenvalue weighted by Crippen LogP contribution is -2.59. The smallest absolute Gasteiger partial charge is 0.338 e. The molecule has 8 atom stereocenters. The standard InChI is InChI=1S/C47H87N23O12/c1-5-81-42(80)35-34(82-35)41(79)70-31(21-24(2)3)36(74)64-22-32(72)63-23-33(73)65-27(12-7-17-59-44(50)51)37(75)67-29(14-9-19-61-46(54)55)39(77)69-30(15-10-20-62-47(56)57)40(78)68-28(13-8-18-60-45(52)53)38(76)66-26(25(4)71)11-6-16-58-43(48)49/h24,26-31,34-35H,5-23H2,1-4H3,(H,63,72)(H,64,74)(H,65,73)(H,66,76)(H,67,75)(H,68,78)(H,69,77)(H,70,79)(H4,48,49,58)(H4,50,51,59)(H4,52,53,60)(H4,54,55,61)(H4,56,57,62). The molecule has 1 aliphatic heterocycles. The highest BCUT2D eigenvalue weighted by molar-refractivity contribution is 5.98. The highest BCUT2D eigenvalue weighted by atomic mass is 16.6. The number of Topliss-reactive ketones (excluding diaryl/α,β-unsaturated/α-hetero) is 1. The minimum Gasteiger partial charge on any atom is -0.464 e. The average molecular weight is 1170 g/mol. The minimum absolute atomic E-state index is 0.0448. The number of nitrogens with two attached hydrogens (primary N) is 5. The molecule has 0 aromatic rings. The summed E-state index contributed by atoms with van der Waals surface area (Å²) < 4.78 is 9.98. The zero-order valence-corrected chi connectivity index (χ0v) is 46.9. The summed E-state index contributed by atoms with van der Waals surface area (Å²) in [6.07, 6.45) is -1.53. The molecule has 28 N–H and O–H groups in total. The number of rotatable bonds is 41. The highest BCUT2D eigenvalue weighted by Crippen LogP contribution is 2.24. The average Bonchev–Trinajstić information content (AvgIpc) is 4.41. The fourth-order valence-corrected chi connectivity index (χ4v) is 7.64. The Labute approximate surface area is 475 Å². The summed E-state index contributed by atoms with van der Waals surface area (Å²) in [5.74, 6) is -9.64. The van der Waals surface area contributed by atoms with Crippen molar-refractivity contribution in [2.75, 3.05) is 52.4 Å². The molecular formula is C47H87N23O12. The molecule has 0 saturated carbocycles. The van der Waals surface area contributed by atoms with Gasteiger partial charge in [-0.2, -0.15) is 0 Å². The lowest BCUT2D eigenvalue weighted by Gasteiger charge is -2.27. The molecule has 35 nitrogen and oxygen atoms in total. The molecule has 0 aromatic carbocycles. The van der Waals surface area contributed by atoms with Crippen molar-refractivity contribution in [3.63, 3.8) is 0 Å². The van der Waals surface area contributed by atoms with Gasteiger partial charge in [0.15, 0.2) is 47.8 Å². The Morgan fingerprint density at radius 1 is 0.439 bits per heavy atom. The van der Waals surface area contributed by atoms with E-state index >= 15 is 0 Å². The Hall–Kier alpha value is -8.79. The number of epoxide rings is 1. The third-order valence-corrected chi connectivity index (χ3v) is 11.8. The van der Waals surface area contributed by atoms with Crippen LogP contribution in [-0.2, 0) is 57.4 Å². The van der Waals surface area contributed by atoms with Crippen molar-refractivity contribution in [3.05, 3.63) is 0 Å². The molecule has 0 spiro atoms. The van der Waals surface area contributed by atoms with Gasteiger partial charge < -0.3 is 107 Å². The third kappa shape index (κ3) is 31.7. The number of ketones is 1. The second kappa shape index (κ2) is 38.7. The number of ether oxygens (including phenoxy) is 2. The minimum atomic E-state index is -1.45. The van der Waals surface area contributed by atoms with E-state index < -0.39 is 121 Å². The van der Waals surface area contributed by atoms with Crippen LogP contribution in [-0.4, -0.2) is 190 Å². The Morgan fingerprint density at radius 2 is 0.780 bits per heavy atom. The number of esters is 1. The summed E-state index contributed by atoms with van der Waals surface area (Å²) in [6, 6.07) is -7.72. The normalized spacial score (nSPS) is 15.3. The largest absolute Gasteiger partial charge is 0.464 e.